The van der Waals surface area contributed by atoms with Gasteiger partial charge in [0.25, 0.3) is 5.69 Å². The summed E-state index contributed by atoms with van der Waals surface area (Å²) in [6.07, 6.45) is -2.39. The molecule has 0 spiro atoms. The van der Waals surface area contributed by atoms with Crippen LogP contribution in [0.1, 0.15) is 0 Å². The van der Waals surface area contributed by atoms with Gasteiger partial charge in [0.15, 0.2) is 11.5 Å². The second-order valence-electron chi connectivity index (χ2n) is 4.43. The van der Waals surface area contributed by atoms with E-state index in [1.54, 1.807) is 0 Å². The lowest BCUT2D eigenvalue weighted by Crippen LogP contribution is -2.17. The number of aromatic amines is 1. The molecule has 3 rings (SSSR count). The molecule has 3 aromatic rings. The Labute approximate surface area is 130 Å². The number of imidazole rings is 1. The molecule has 0 aliphatic carbocycles. The number of alkyl halides is 3. The molecule has 9 nitrogen and oxygen atoms in total. The number of ether oxygens (including phenoxy) is 1. The Kier molecular flexibility index (Phi) is 3.63. The van der Waals surface area contributed by atoms with Gasteiger partial charge < -0.3 is 15.0 Å². The lowest BCUT2D eigenvalue weighted by atomic mass is 10.2. The molecule has 0 atom stereocenters. The Morgan fingerprint density at radius 1 is 1.25 bits per heavy atom. The smallest absolute Gasteiger partial charge is 0.406 e. The zero-order valence-corrected chi connectivity index (χ0v) is 11.5. The van der Waals surface area contributed by atoms with E-state index in [-0.39, 0.29) is 11.5 Å². The monoisotopic (exact) mass is 340 g/mol. The van der Waals surface area contributed by atoms with Crippen molar-refractivity contribution in [3.05, 3.63) is 41.0 Å². The van der Waals surface area contributed by atoms with E-state index in [2.05, 4.69) is 30.0 Å². The molecule has 2 aromatic heterocycles. The number of rotatable bonds is 4. The number of nitro benzene ring substituents is 1. The molecule has 12 heteroatoms. The number of aromatic nitrogens is 4. The van der Waals surface area contributed by atoms with Crippen molar-refractivity contribution in [2.24, 2.45) is 0 Å². The number of nitrogens with one attached hydrogen (secondary N) is 2. The number of anilines is 2. The van der Waals surface area contributed by atoms with Gasteiger partial charge in [-0.05, 0) is 12.1 Å². The SMILES string of the molecule is O=[N+]([O-])c1cc(OC(F)(F)F)ccc1Nc1ncnc2nc[nH]c12. The van der Waals surface area contributed by atoms with Crippen LogP contribution in [0.5, 0.6) is 5.75 Å². The van der Waals surface area contributed by atoms with E-state index in [9.17, 15) is 23.3 Å². The van der Waals surface area contributed by atoms with Gasteiger partial charge in [-0.15, -0.1) is 13.2 Å². The van der Waals surface area contributed by atoms with Crippen LogP contribution in [0.2, 0.25) is 0 Å². The molecule has 0 amide bonds. The van der Waals surface area contributed by atoms with E-state index in [0.717, 1.165) is 12.1 Å². The van der Waals surface area contributed by atoms with Crippen molar-refractivity contribution in [3.63, 3.8) is 0 Å². The van der Waals surface area contributed by atoms with Crippen LogP contribution in [0, 0.1) is 10.1 Å². The van der Waals surface area contributed by atoms with E-state index in [0.29, 0.717) is 17.2 Å². The maximum Gasteiger partial charge on any atom is 0.573 e. The number of hydrogen-bond acceptors (Lipinski definition) is 7. The van der Waals surface area contributed by atoms with Gasteiger partial charge in [-0.3, -0.25) is 10.1 Å². The van der Waals surface area contributed by atoms with Crippen molar-refractivity contribution in [1.82, 2.24) is 19.9 Å². The van der Waals surface area contributed by atoms with Crippen molar-refractivity contribution < 1.29 is 22.8 Å². The molecule has 0 aliphatic heterocycles. The van der Waals surface area contributed by atoms with Gasteiger partial charge >= 0.3 is 6.36 Å². The van der Waals surface area contributed by atoms with Crippen molar-refractivity contribution in [1.29, 1.82) is 0 Å². The minimum Gasteiger partial charge on any atom is -0.406 e. The fraction of sp³-hybridized carbons (Fsp3) is 0.0833. The highest BCUT2D eigenvalue weighted by Crippen LogP contribution is 2.34. The van der Waals surface area contributed by atoms with Gasteiger partial charge in [-0.2, -0.15) is 0 Å². The largest absolute Gasteiger partial charge is 0.573 e. The number of H-pyrrole nitrogens is 1. The minimum absolute atomic E-state index is 0.0656. The molecule has 124 valence electrons. The van der Waals surface area contributed by atoms with Crippen molar-refractivity contribution >= 4 is 28.4 Å². The fourth-order valence-corrected chi connectivity index (χ4v) is 1.95. The Morgan fingerprint density at radius 3 is 2.75 bits per heavy atom. The van der Waals surface area contributed by atoms with Gasteiger partial charge in [-0.25, -0.2) is 15.0 Å². The van der Waals surface area contributed by atoms with Gasteiger partial charge in [0.1, 0.15) is 23.3 Å². The van der Waals surface area contributed by atoms with Gasteiger partial charge in [0.2, 0.25) is 0 Å². The standard InChI is InChI=1S/C12H7F3N6O3/c13-12(14,15)24-6-1-2-7(8(3-6)21(22)23)20-11-9-10(17-4-16-9)18-5-19-11/h1-5H,(H2,16,17,18,19,20). The van der Waals surface area contributed by atoms with Crippen LogP contribution in [0.25, 0.3) is 11.2 Å². The zero-order valence-electron chi connectivity index (χ0n) is 11.5. The second kappa shape index (κ2) is 5.64. The van der Waals surface area contributed by atoms with Crippen LogP contribution >= 0.6 is 0 Å². The first-order chi connectivity index (χ1) is 11.3. The third-order valence-corrected chi connectivity index (χ3v) is 2.88. The predicted octanol–water partition coefficient (Wildman–Crippen LogP) is 2.90. The summed E-state index contributed by atoms with van der Waals surface area (Å²) in [4.78, 5) is 24.8. The van der Waals surface area contributed by atoms with E-state index >= 15 is 0 Å². The van der Waals surface area contributed by atoms with Crippen LogP contribution in [0.3, 0.4) is 0 Å². The summed E-state index contributed by atoms with van der Waals surface area (Å²) in [5.74, 6) is -0.515. The Bertz CT molecular complexity index is 910. The van der Waals surface area contributed by atoms with E-state index < -0.39 is 22.7 Å². The number of fused-ring (bicyclic) bond motifs is 1. The second-order valence-corrected chi connectivity index (χ2v) is 4.43. The molecular weight excluding hydrogens is 333 g/mol. The molecule has 0 saturated heterocycles. The highest BCUT2D eigenvalue weighted by Gasteiger charge is 2.32. The number of halogens is 3. The Morgan fingerprint density at radius 2 is 2.04 bits per heavy atom. The predicted molar refractivity (Wildman–Crippen MR) is 74.7 cm³/mol. The average Bonchev–Trinajstić information content (AvgIpc) is 2.96. The van der Waals surface area contributed by atoms with Crippen LogP contribution < -0.4 is 10.1 Å². The third kappa shape index (κ3) is 3.16. The lowest BCUT2D eigenvalue weighted by Gasteiger charge is -2.11. The molecule has 0 unspecified atom stereocenters. The first-order valence-corrected chi connectivity index (χ1v) is 6.29. The summed E-state index contributed by atoms with van der Waals surface area (Å²) in [5, 5.41) is 13.8. The quantitative estimate of drug-likeness (QED) is 0.553. The van der Waals surface area contributed by atoms with Gasteiger partial charge in [0.05, 0.1) is 17.3 Å². The van der Waals surface area contributed by atoms with Gasteiger partial charge in [-0.1, -0.05) is 0 Å². The maximum atomic E-state index is 12.2. The molecule has 1 aromatic carbocycles. The molecule has 24 heavy (non-hydrogen) atoms. The molecule has 2 heterocycles. The number of benzene rings is 1. The number of nitro groups is 1. The molecule has 0 bridgehead atoms. The molecule has 2 N–H and O–H groups in total. The van der Waals surface area contributed by atoms with Crippen molar-refractivity contribution in [3.8, 4) is 5.75 Å². The highest BCUT2D eigenvalue weighted by atomic mass is 19.4. The number of hydrogen-bond donors (Lipinski definition) is 2. The van der Waals surface area contributed by atoms with Crippen LogP contribution in [-0.4, -0.2) is 31.2 Å². The molecule has 0 fully saturated rings. The summed E-state index contributed by atoms with van der Waals surface area (Å²) in [5.41, 5.74) is 0.0433. The zero-order chi connectivity index (χ0) is 17.3. The van der Waals surface area contributed by atoms with Crippen LogP contribution in [-0.2, 0) is 0 Å². The highest BCUT2D eigenvalue weighted by molar-refractivity contribution is 5.86. The maximum absolute atomic E-state index is 12.2. The fourth-order valence-electron chi connectivity index (χ4n) is 1.95. The van der Waals surface area contributed by atoms with E-state index in [4.69, 9.17) is 0 Å². The molecule has 0 saturated carbocycles. The lowest BCUT2D eigenvalue weighted by molar-refractivity contribution is -0.384. The topological polar surface area (TPSA) is 119 Å². The van der Waals surface area contributed by atoms with Crippen LogP contribution in [0.4, 0.5) is 30.4 Å². The number of nitrogens with zero attached hydrogens (tertiary/aromatic N) is 4. The Hall–Kier alpha value is -3.44. The van der Waals surface area contributed by atoms with E-state index in [1.165, 1.54) is 12.7 Å². The molecule has 0 aliphatic rings. The average molecular weight is 340 g/mol. The minimum atomic E-state index is -4.95. The molecule has 0 radical (unpaired) electrons. The first kappa shape index (κ1) is 15.5. The molecular formula is C12H7F3N6O3. The van der Waals surface area contributed by atoms with Crippen molar-refractivity contribution in [2.45, 2.75) is 6.36 Å². The summed E-state index contributed by atoms with van der Waals surface area (Å²) >= 11 is 0. The summed E-state index contributed by atoms with van der Waals surface area (Å²) in [6.45, 7) is 0. The van der Waals surface area contributed by atoms with E-state index in [1.807, 2.05) is 0 Å². The summed E-state index contributed by atoms with van der Waals surface area (Å²) in [6, 6.07) is 2.71. The first-order valence-electron chi connectivity index (χ1n) is 6.29. The third-order valence-electron chi connectivity index (χ3n) is 2.88. The summed E-state index contributed by atoms with van der Waals surface area (Å²) in [7, 11) is 0. The Balaban J connectivity index is 1.98. The van der Waals surface area contributed by atoms with Crippen LogP contribution in [0.15, 0.2) is 30.9 Å². The normalized spacial score (nSPS) is 11.5. The van der Waals surface area contributed by atoms with Gasteiger partial charge in [0, 0.05) is 0 Å². The summed E-state index contributed by atoms with van der Waals surface area (Å²) < 4.78 is 40.4. The van der Waals surface area contributed by atoms with Crippen molar-refractivity contribution in [2.75, 3.05) is 5.32 Å².